The Morgan fingerprint density at radius 1 is 1.38 bits per heavy atom. The summed E-state index contributed by atoms with van der Waals surface area (Å²) < 4.78 is 5.69. The van der Waals surface area contributed by atoms with E-state index >= 15 is 0 Å². The number of carbonyl (C=O) groups is 1. The fourth-order valence-electron chi connectivity index (χ4n) is 2.82. The van der Waals surface area contributed by atoms with Crippen LogP contribution in [0.4, 0.5) is 0 Å². The molecule has 1 saturated heterocycles. The number of rotatable bonds is 6. The average molecular weight is 345 g/mol. The van der Waals surface area contributed by atoms with E-state index in [1.165, 1.54) is 0 Å². The first-order valence-corrected chi connectivity index (χ1v) is 8.56. The van der Waals surface area contributed by atoms with Crippen molar-refractivity contribution < 1.29 is 9.53 Å². The number of nitrogens with zero attached hydrogens (tertiary/aromatic N) is 1. The van der Waals surface area contributed by atoms with Gasteiger partial charge in [0.2, 0.25) is 0 Å². The van der Waals surface area contributed by atoms with Gasteiger partial charge in [-0.25, -0.2) is 0 Å². The zero-order chi connectivity index (χ0) is 16.8. The Labute approximate surface area is 147 Å². The molecule has 0 bridgehead atoms. The number of amides is 1. The standard InChI is InChI=1S/C19H21ClN2O2/c20-16-12-18(21-13-16)19(23)22(14-17-9-5-11-24-17)10-4-8-15-6-2-1-3-7-15/h1-4,6-8,12-13,17,21H,5,9-11,14H2. The highest BCUT2D eigenvalue weighted by Crippen LogP contribution is 2.17. The van der Waals surface area contributed by atoms with Gasteiger partial charge in [-0.05, 0) is 24.5 Å². The molecule has 3 rings (SSSR count). The molecule has 1 aromatic heterocycles. The van der Waals surface area contributed by atoms with E-state index in [0.717, 1.165) is 25.0 Å². The summed E-state index contributed by atoms with van der Waals surface area (Å²) in [4.78, 5) is 17.5. The van der Waals surface area contributed by atoms with Crippen LogP contribution in [-0.2, 0) is 4.74 Å². The number of carbonyl (C=O) groups excluding carboxylic acids is 1. The molecule has 1 unspecified atom stereocenters. The van der Waals surface area contributed by atoms with Crippen molar-refractivity contribution in [2.75, 3.05) is 19.7 Å². The lowest BCUT2D eigenvalue weighted by atomic mass is 10.2. The van der Waals surface area contributed by atoms with Crippen LogP contribution in [0.2, 0.25) is 5.02 Å². The molecule has 0 radical (unpaired) electrons. The van der Waals surface area contributed by atoms with Crippen LogP contribution in [0.15, 0.2) is 48.7 Å². The summed E-state index contributed by atoms with van der Waals surface area (Å²) in [6, 6.07) is 11.7. The van der Waals surface area contributed by atoms with Gasteiger partial charge in [-0.2, -0.15) is 0 Å². The van der Waals surface area contributed by atoms with Crippen molar-refractivity contribution in [3.8, 4) is 0 Å². The largest absolute Gasteiger partial charge is 0.376 e. The molecule has 5 heteroatoms. The maximum Gasteiger partial charge on any atom is 0.270 e. The number of ether oxygens (including phenoxy) is 1. The van der Waals surface area contributed by atoms with E-state index in [-0.39, 0.29) is 12.0 Å². The Morgan fingerprint density at radius 2 is 2.21 bits per heavy atom. The maximum atomic E-state index is 12.7. The van der Waals surface area contributed by atoms with Crippen molar-refractivity contribution in [2.24, 2.45) is 0 Å². The Balaban J connectivity index is 1.69. The summed E-state index contributed by atoms with van der Waals surface area (Å²) in [5, 5.41) is 0.537. The molecule has 1 amide bonds. The van der Waals surface area contributed by atoms with Crippen molar-refractivity contribution in [1.82, 2.24) is 9.88 Å². The highest BCUT2D eigenvalue weighted by atomic mass is 35.5. The number of halogens is 1. The highest BCUT2D eigenvalue weighted by Gasteiger charge is 2.23. The Kier molecular flexibility index (Phi) is 5.72. The molecular weight excluding hydrogens is 324 g/mol. The molecule has 24 heavy (non-hydrogen) atoms. The van der Waals surface area contributed by atoms with Gasteiger partial charge in [0.25, 0.3) is 5.91 Å². The molecule has 1 fully saturated rings. The summed E-state index contributed by atoms with van der Waals surface area (Å²) in [7, 11) is 0. The van der Waals surface area contributed by atoms with Crippen molar-refractivity contribution >= 4 is 23.6 Å². The highest BCUT2D eigenvalue weighted by molar-refractivity contribution is 6.30. The number of benzene rings is 1. The molecule has 4 nitrogen and oxygen atoms in total. The molecule has 2 heterocycles. The van der Waals surface area contributed by atoms with Gasteiger partial charge in [0.05, 0.1) is 11.1 Å². The summed E-state index contributed by atoms with van der Waals surface area (Å²) in [5.74, 6) is -0.0601. The first kappa shape index (κ1) is 16.8. The Morgan fingerprint density at radius 3 is 2.88 bits per heavy atom. The number of hydrogen-bond donors (Lipinski definition) is 1. The predicted octanol–water partition coefficient (Wildman–Crippen LogP) is 4.00. The third kappa shape index (κ3) is 4.49. The fourth-order valence-corrected chi connectivity index (χ4v) is 2.98. The number of H-pyrrole nitrogens is 1. The van der Waals surface area contributed by atoms with E-state index in [4.69, 9.17) is 16.3 Å². The number of nitrogens with one attached hydrogen (secondary N) is 1. The SMILES string of the molecule is O=C(c1cc(Cl)c[nH]1)N(CC=Cc1ccccc1)CC1CCCO1. The normalized spacial score (nSPS) is 17.5. The lowest BCUT2D eigenvalue weighted by molar-refractivity contribution is 0.0550. The van der Waals surface area contributed by atoms with E-state index < -0.39 is 0 Å². The first-order valence-electron chi connectivity index (χ1n) is 8.19. The van der Waals surface area contributed by atoms with E-state index in [1.54, 1.807) is 17.2 Å². The van der Waals surface area contributed by atoms with Gasteiger partial charge in [-0.3, -0.25) is 4.79 Å². The smallest absolute Gasteiger partial charge is 0.270 e. The van der Waals surface area contributed by atoms with Crippen molar-refractivity contribution in [2.45, 2.75) is 18.9 Å². The summed E-state index contributed by atoms with van der Waals surface area (Å²) >= 11 is 5.92. The minimum atomic E-state index is -0.0601. The van der Waals surface area contributed by atoms with E-state index in [9.17, 15) is 4.79 Å². The lowest BCUT2D eigenvalue weighted by Crippen LogP contribution is -2.37. The lowest BCUT2D eigenvalue weighted by Gasteiger charge is -2.23. The van der Waals surface area contributed by atoms with Crippen LogP contribution in [0.1, 0.15) is 28.9 Å². The van der Waals surface area contributed by atoms with Gasteiger partial charge in [0.1, 0.15) is 5.69 Å². The monoisotopic (exact) mass is 344 g/mol. The van der Waals surface area contributed by atoms with Crippen molar-refractivity contribution in [3.05, 3.63) is 65.0 Å². The molecule has 0 aliphatic carbocycles. The molecular formula is C19H21ClN2O2. The van der Waals surface area contributed by atoms with E-state index in [2.05, 4.69) is 4.98 Å². The molecule has 1 atom stereocenters. The van der Waals surface area contributed by atoms with Crippen LogP contribution in [0.25, 0.3) is 6.08 Å². The number of aromatic amines is 1. The van der Waals surface area contributed by atoms with Gasteiger partial charge in [-0.1, -0.05) is 54.1 Å². The minimum absolute atomic E-state index is 0.0601. The van der Waals surface area contributed by atoms with E-state index in [0.29, 0.717) is 23.8 Å². The second-order valence-electron chi connectivity index (χ2n) is 5.89. The zero-order valence-corrected chi connectivity index (χ0v) is 14.2. The first-order chi connectivity index (χ1) is 11.7. The molecule has 126 valence electrons. The van der Waals surface area contributed by atoms with Crippen LogP contribution >= 0.6 is 11.6 Å². The topological polar surface area (TPSA) is 45.3 Å². The molecule has 1 aromatic carbocycles. The minimum Gasteiger partial charge on any atom is -0.376 e. The number of aromatic nitrogens is 1. The predicted molar refractivity (Wildman–Crippen MR) is 96.2 cm³/mol. The van der Waals surface area contributed by atoms with Crippen LogP contribution in [0.5, 0.6) is 0 Å². The van der Waals surface area contributed by atoms with Gasteiger partial charge in [-0.15, -0.1) is 0 Å². The third-order valence-electron chi connectivity index (χ3n) is 4.05. The van der Waals surface area contributed by atoms with Gasteiger partial charge in [0, 0.05) is 25.9 Å². The van der Waals surface area contributed by atoms with Crippen molar-refractivity contribution in [1.29, 1.82) is 0 Å². The third-order valence-corrected chi connectivity index (χ3v) is 4.27. The van der Waals surface area contributed by atoms with Crippen LogP contribution in [-0.4, -0.2) is 41.6 Å². The summed E-state index contributed by atoms with van der Waals surface area (Å²) in [6.45, 7) is 1.90. The summed E-state index contributed by atoms with van der Waals surface area (Å²) in [5.41, 5.74) is 1.62. The van der Waals surface area contributed by atoms with Crippen LogP contribution in [0, 0.1) is 0 Å². The molecule has 0 saturated carbocycles. The quantitative estimate of drug-likeness (QED) is 0.860. The Hall–Kier alpha value is -2.04. The maximum absolute atomic E-state index is 12.7. The molecule has 0 spiro atoms. The Bertz CT molecular complexity index is 690. The second kappa shape index (κ2) is 8.18. The van der Waals surface area contributed by atoms with E-state index in [1.807, 2.05) is 42.5 Å². The fraction of sp³-hybridized carbons (Fsp3) is 0.316. The van der Waals surface area contributed by atoms with Gasteiger partial charge in [0.15, 0.2) is 0 Å². The zero-order valence-electron chi connectivity index (χ0n) is 13.5. The molecule has 2 aromatic rings. The molecule has 1 aliphatic rings. The summed E-state index contributed by atoms with van der Waals surface area (Å²) in [6.07, 6.45) is 7.83. The van der Waals surface area contributed by atoms with Crippen LogP contribution < -0.4 is 0 Å². The van der Waals surface area contributed by atoms with Crippen molar-refractivity contribution in [3.63, 3.8) is 0 Å². The molecule has 1 aliphatic heterocycles. The molecule has 1 N–H and O–H groups in total. The average Bonchev–Trinajstić information content (AvgIpc) is 3.26. The van der Waals surface area contributed by atoms with Crippen LogP contribution in [0.3, 0.4) is 0 Å². The number of hydrogen-bond acceptors (Lipinski definition) is 2. The van der Waals surface area contributed by atoms with Gasteiger partial charge < -0.3 is 14.6 Å². The van der Waals surface area contributed by atoms with Gasteiger partial charge >= 0.3 is 0 Å². The second-order valence-corrected chi connectivity index (χ2v) is 6.33.